The fourth-order valence-corrected chi connectivity index (χ4v) is 4.40. The topological polar surface area (TPSA) is 95.0 Å². The first-order chi connectivity index (χ1) is 18.2. The van der Waals surface area contributed by atoms with E-state index in [2.05, 4.69) is 11.9 Å². The summed E-state index contributed by atoms with van der Waals surface area (Å²) in [5.74, 6) is -2.63. The highest BCUT2D eigenvalue weighted by molar-refractivity contribution is 6.05. The van der Waals surface area contributed by atoms with Gasteiger partial charge >= 0.3 is 18.1 Å². The Morgan fingerprint density at radius 3 is 2.31 bits per heavy atom. The average Bonchev–Trinajstić information content (AvgIpc) is 2.85. The molecular weight excluding hydrogens is 517 g/mol. The van der Waals surface area contributed by atoms with Crippen molar-refractivity contribution in [2.24, 2.45) is 11.8 Å². The van der Waals surface area contributed by atoms with Crippen LogP contribution in [0.2, 0.25) is 0 Å². The number of carbonyl (C=O) groups is 3. The summed E-state index contributed by atoms with van der Waals surface area (Å²) in [6, 6.07) is 5.75. The molecule has 1 aliphatic carbocycles. The van der Waals surface area contributed by atoms with Crippen LogP contribution in [-0.2, 0) is 25.2 Å². The zero-order valence-electron chi connectivity index (χ0n) is 22.6. The number of methoxy groups -OCH3 is 1. The van der Waals surface area contributed by atoms with Crippen molar-refractivity contribution in [2.75, 3.05) is 18.6 Å². The molecule has 0 N–H and O–H groups in total. The number of anilines is 1. The van der Waals surface area contributed by atoms with Crippen LogP contribution in [0.25, 0.3) is 0 Å². The molecule has 0 bridgehead atoms. The summed E-state index contributed by atoms with van der Waals surface area (Å²) in [6.07, 6.45) is -0.633. The van der Waals surface area contributed by atoms with Crippen LogP contribution in [0.1, 0.15) is 69.3 Å². The summed E-state index contributed by atoms with van der Waals surface area (Å²) >= 11 is 0. The van der Waals surface area contributed by atoms with Crippen LogP contribution in [0, 0.1) is 11.8 Å². The highest BCUT2D eigenvalue weighted by atomic mass is 19.4. The maximum Gasteiger partial charge on any atom is 0.421 e. The van der Waals surface area contributed by atoms with Crippen LogP contribution in [0.3, 0.4) is 0 Å². The number of alkyl halides is 3. The van der Waals surface area contributed by atoms with Gasteiger partial charge in [-0.15, -0.1) is 0 Å². The van der Waals surface area contributed by atoms with E-state index in [1.165, 1.54) is 17.0 Å². The molecule has 0 atom stereocenters. The van der Waals surface area contributed by atoms with E-state index in [0.717, 1.165) is 44.3 Å². The van der Waals surface area contributed by atoms with E-state index in [4.69, 9.17) is 14.2 Å². The highest BCUT2D eigenvalue weighted by Crippen LogP contribution is 2.38. The quantitative estimate of drug-likeness (QED) is 0.380. The second kappa shape index (κ2) is 12.0. The molecule has 1 aliphatic rings. The summed E-state index contributed by atoms with van der Waals surface area (Å²) in [7, 11) is 1.13. The van der Waals surface area contributed by atoms with E-state index < -0.39 is 41.7 Å². The second-order valence-electron chi connectivity index (χ2n) is 10.6. The summed E-state index contributed by atoms with van der Waals surface area (Å²) in [6.45, 7) is 6.72. The van der Waals surface area contributed by atoms with Gasteiger partial charge in [-0.1, -0.05) is 6.92 Å². The summed E-state index contributed by atoms with van der Waals surface area (Å²) < 4.78 is 56.0. The molecule has 8 nitrogen and oxygen atoms in total. The van der Waals surface area contributed by atoms with Gasteiger partial charge in [-0.25, -0.2) is 9.78 Å². The molecule has 2 aromatic rings. The van der Waals surface area contributed by atoms with Gasteiger partial charge in [-0.3, -0.25) is 9.59 Å². The normalized spacial score (nSPS) is 17.7. The fourth-order valence-electron chi connectivity index (χ4n) is 4.40. The molecule has 212 valence electrons. The van der Waals surface area contributed by atoms with Gasteiger partial charge in [0.05, 0.1) is 18.4 Å². The lowest BCUT2D eigenvalue weighted by atomic mass is 9.82. The third-order valence-corrected chi connectivity index (χ3v) is 6.29. The van der Waals surface area contributed by atoms with Crippen LogP contribution >= 0.6 is 0 Å². The molecule has 1 aromatic carbocycles. The number of rotatable bonds is 7. The maximum absolute atomic E-state index is 13.7. The van der Waals surface area contributed by atoms with Crippen LogP contribution in [0.5, 0.6) is 11.6 Å². The number of esters is 2. The number of amides is 1. The Balaban J connectivity index is 2.03. The van der Waals surface area contributed by atoms with Crippen molar-refractivity contribution in [3.8, 4) is 11.6 Å². The molecule has 1 heterocycles. The van der Waals surface area contributed by atoms with Gasteiger partial charge in [0.1, 0.15) is 23.5 Å². The number of carbonyl (C=O) groups excluding carboxylic acids is 3. The molecule has 0 radical (unpaired) electrons. The lowest BCUT2D eigenvalue weighted by Crippen LogP contribution is -2.43. The number of halogens is 3. The molecule has 1 saturated carbocycles. The van der Waals surface area contributed by atoms with Crippen molar-refractivity contribution in [3.05, 3.63) is 47.7 Å². The predicted molar refractivity (Wildman–Crippen MR) is 136 cm³/mol. The van der Waals surface area contributed by atoms with E-state index in [1.807, 2.05) is 0 Å². The molecule has 1 fully saturated rings. The third-order valence-electron chi connectivity index (χ3n) is 6.29. The summed E-state index contributed by atoms with van der Waals surface area (Å²) in [4.78, 5) is 44.2. The molecule has 0 saturated heterocycles. The van der Waals surface area contributed by atoms with E-state index in [0.29, 0.717) is 18.8 Å². The molecule has 0 spiro atoms. The molecule has 39 heavy (non-hydrogen) atoms. The number of benzene rings is 1. The number of aromatic nitrogens is 1. The lowest BCUT2D eigenvalue weighted by Gasteiger charge is -2.32. The van der Waals surface area contributed by atoms with Crippen molar-refractivity contribution < 1.29 is 41.8 Å². The number of hydrogen-bond acceptors (Lipinski definition) is 7. The number of nitrogens with zero attached hydrogens (tertiary/aromatic N) is 2. The molecule has 0 unspecified atom stereocenters. The smallest absolute Gasteiger partial charge is 0.421 e. The van der Waals surface area contributed by atoms with Gasteiger partial charge < -0.3 is 19.1 Å². The fraction of sp³-hybridized carbons (Fsp3) is 0.500. The van der Waals surface area contributed by atoms with Gasteiger partial charge in [0.2, 0.25) is 11.8 Å². The predicted octanol–water partition coefficient (Wildman–Crippen LogP) is 6.18. The first kappa shape index (κ1) is 29.9. The highest BCUT2D eigenvalue weighted by Gasteiger charge is 2.36. The molecule has 11 heteroatoms. The molecule has 3 rings (SSSR count). The van der Waals surface area contributed by atoms with Crippen LogP contribution in [0.4, 0.5) is 18.9 Å². The van der Waals surface area contributed by atoms with Gasteiger partial charge in [0.15, 0.2) is 0 Å². The summed E-state index contributed by atoms with van der Waals surface area (Å²) in [5.41, 5.74) is -2.02. The monoisotopic (exact) mass is 550 g/mol. The van der Waals surface area contributed by atoms with Crippen LogP contribution < -0.4 is 9.64 Å². The standard InChI is InChI=1S/C28H33F3N2O6/c1-17-8-10-18(11-9-17)25(35)33(16-23(34)39-27(2,3)4)22-13-12-19(15-20(22)26(36)37-5)38-24-21(28(29,30)31)7-6-14-32-24/h6-7,12-15,17-18H,8-11,16H2,1-5H3. The maximum atomic E-state index is 13.7. The minimum Gasteiger partial charge on any atom is -0.465 e. The Morgan fingerprint density at radius 2 is 1.72 bits per heavy atom. The van der Waals surface area contributed by atoms with Crippen molar-refractivity contribution in [3.63, 3.8) is 0 Å². The van der Waals surface area contributed by atoms with Crippen molar-refractivity contribution >= 4 is 23.5 Å². The van der Waals surface area contributed by atoms with Gasteiger partial charge in [-0.05, 0) is 82.7 Å². The van der Waals surface area contributed by atoms with Gasteiger partial charge in [-0.2, -0.15) is 13.2 Å². The Hall–Kier alpha value is -3.63. The Labute approximate surface area is 225 Å². The Kier molecular flexibility index (Phi) is 9.24. The molecule has 1 aromatic heterocycles. The zero-order valence-corrected chi connectivity index (χ0v) is 22.6. The van der Waals surface area contributed by atoms with Crippen molar-refractivity contribution in [2.45, 2.75) is 65.2 Å². The van der Waals surface area contributed by atoms with Crippen LogP contribution in [0.15, 0.2) is 36.5 Å². The largest absolute Gasteiger partial charge is 0.465 e. The number of ether oxygens (including phenoxy) is 3. The number of hydrogen-bond donors (Lipinski definition) is 0. The van der Waals surface area contributed by atoms with E-state index in [-0.39, 0.29) is 28.8 Å². The number of pyridine rings is 1. The van der Waals surface area contributed by atoms with Crippen LogP contribution in [-0.4, -0.2) is 42.1 Å². The van der Waals surface area contributed by atoms with E-state index >= 15 is 0 Å². The van der Waals surface area contributed by atoms with Gasteiger partial charge in [0.25, 0.3) is 0 Å². The lowest BCUT2D eigenvalue weighted by molar-refractivity contribution is -0.153. The van der Waals surface area contributed by atoms with E-state index in [1.54, 1.807) is 20.8 Å². The van der Waals surface area contributed by atoms with Crippen molar-refractivity contribution in [1.82, 2.24) is 4.98 Å². The molecule has 1 amide bonds. The molecule has 0 aliphatic heterocycles. The first-order valence-electron chi connectivity index (χ1n) is 12.6. The summed E-state index contributed by atoms with van der Waals surface area (Å²) in [5, 5.41) is 0. The minimum atomic E-state index is -4.72. The van der Waals surface area contributed by atoms with Gasteiger partial charge in [0, 0.05) is 12.1 Å². The molecular formula is C28H33F3N2O6. The minimum absolute atomic E-state index is 0.0562. The second-order valence-corrected chi connectivity index (χ2v) is 10.6. The van der Waals surface area contributed by atoms with Crippen molar-refractivity contribution in [1.29, 1.82) is 0 Å². The third kappa shape index (κ3) is 7.93. The first-order valence-corrected chi connectivity index (χ1v) is 12.6. The zero-order chi connectivity index (χ0) is 29.0. The van der Waals surface area contributed by atoms with E-state index in [9.17, 15) is 27.6 Å². The SMILES string of the molecule is COC(=O)c1cc(Oc2ncccc2C(F)(F)F)ccc1N(CC(=O)OC(C)(C)C)C(=O)C1CCC(C)CC1. The Bertz CT molecular complexity index is 1200. The average molecular weight is 551 g/mol. The Morgan fingerprint density at radius 1 is 1.05 bits per heavy atom.